The van der Waals surface area contributed by atoms with Crippen molar-refractivity contribution in [2.75, 3.05) is 43.8 Å². The third-order valence-electron chi connectivity index (χ3n) is 7.25. The molecule has 0 aromatic heterocycles. The van der Waals surface area contributed by atoms with E-state index >= 15 is 0 Å². The Labute approximate surface area is 226 Å². The first kappa shape index (κ1) is 27.5. The minimum atomic E-state index is -0.350. The van der Waals surface area contributed by atoms with Crippen molar-refractivity contribution in [3.63, 3.8) is 0 Å². The first-order valence-electron chi connectivity index (χ1n) is 13.6. The van der Waals surface area contributed by atoms with Crippen LogP contribution in [-0.2, 0) is 30.6 Å². The van der Waals surface area contributed by atoms with Gasteiger partial charge in [0, 0.05) is 63.1 Å². The van der Waals surface area contributed by atoms with Crippen LogP contribution >= 0.6 is 0 Å². The normalized spacial score (nSPS) is 15.1. The number of fused-ring (bicyclic) bond motifs is 1. The molecule has 2 aliphatic rings. The van der Waals surface area contributed by atoms with Gasteiger partial charge in [-0.15, -0.1) is 0 Å². The van der Waals surface area contributed by atoms with Gasteiger partial charge in [0.05, 0.1) is 0 Å². The van der Waals surface area contributed by atoms with E-state index in [1.807, 2.05) is 6.92 Å². The van der Waals surface area contributed by atoms with Gasteiger partial charge in [-0.2, -0.15) is 0 Å². The number of phenols is 1. The lowest BCUT2D eigenvalue weighted by atomic mass is 9.93. The summed E-state index contributed by atoms with van der Waals surface area (Å²) in [6.45, 7) is 8.54. The maximum atomic E-state index is 10.6. The molecule has 38 heavy (non-hydrogen) atoms. The molecule has 0 radical (unpaired) electrons. The number of phenolic OH excluding ortho intramolecular Hbond substituents is 1. The molecule has 0 spiro atoms. The minimum absolute atomic E-state index is 0.142. The van der Waals surface area contributed by atoms with Gasteiger partial charge in [0.15, 0.2) is 0 Å². The van der Waals surface area contributed by atoms with Crippen molar-refractivity contribution in [1.82, 2.24) is 10.2 Å². The van der Waals surface area contributed by atoms with Crippen molar-refractivity contribution < 1.29 is 9.90 Å². The van der Waals surface area contributed by atoms with Gasteiger partial charge in [0.1, 0.15) is 5.75 Å². The minimum Gasteiger partial charge on any atom is -0.508 e. The Hall–Kier alpha value is -3.55. The summed E-state index contributed by atoms with van der Waals surface area (Å²) < 4.78 is 0. The lowest BCUT2D eigenvalue weighted by molar-refractivity contribution is -0.117. The number of anilines is 2. The molecular weight excluding hydrogens is 474 g/mol. The molecule has 7 N–H and O–H groups in total. The highest BCUT2D eigenvalue weighted by Crippen LogP contribution is 2.30. The number of primary amides is 1. The summed E-state index contributed by atoms with van der Waals surface area (Å²) in [4.78, 5) is 13.2. The Balaban J connectivity index is 0.000000206. The summed E-state index contributed by atoms with van der Waals surface area (Å²) in [7, 11) is 0. The van der Waals surface area contributed by atoms with Crippen LogP contribution in [0.1, 0.15) is 46.2 Å². The van der Waals surface area contributed by atoms with Crippen LogP contribution < -0.4 is 22.1 Å². The quantitative estimate of drug-likeness (QED) is 0.306. The standard InChI is InChI=1S/C21H27N3.C10H14N2O2/c1-2-5-17(6-3-1)13-18-14-19-7-4-8-23-21(19)20(15-18)16-24-11-9-22-10-12-24;1-6-4-7(13)5-9(11)8(6)2-3-10(12)14/h1-3,5-6,14-15,22-23H,4,7-13,16H2;4-5,13H,2-3,11H2,1H3,(H2,12,14). The molecule has 5 rings (SSSR count). The summed E-state index contributed by atoms with van der Waals surface area (Å²) >= 11 is 0. The average molecular weight is 516 g/mol. The molecule has 0 unspecified atom stereocenters. The molecule has 0 aliphatic carbocycles. The summed E-state index contributed by atoms with van der Waals surface area (Å²) in [5.41, 5.74) is 20.3. The Kier molecular flexibility index (Phi) is 9.62. The van der Waals surface area contributed by atoms with Crippen LogP contribution in [0.4, 0.5) is 11.4 Å². The molecule has 2 heterocycles. The molecule has 7 heteroatoms. The number of benzene rings is 3. The molecule has 7 nitrogen and oxygen atoms in total. The third-order valence-corrected chi connectivity index (χ3v) is 7.25. The predicted molar refractivity (Wildman–Crippen MR) is 155 cm³/mol. The van der Waals surface area contributed by atoms with Crippen molar-refractivity contribution >= 4 is 17.3 Å². The number of hydrogen-bond donors (Lipinski definition) is 5. The van der Waals surface area contributed by atoms with Gasteiger partial charge in [0.25, 0.3) is 0 Å². The number of nitrogens with one attached hydrogen (secondary N) is 2. The van der Waals surface area contributed by atoms with E-state index in [2.05, 4.69) is 58.0 Å². The van der Waals surface area contributed by atoms with E-state index < -0.39 is 0 Å². The second kappa shape index (κ2) is 13.3. The predicted octanol–water partition coefficient (Wildman–Crippen LogP) is 3.74. The van der Waals surface area contributed by atoms with E-state index in [0.717, 1.165) is 56.8 Å². The highest BCUT2D eigenvalue weighted by atomic mass is 16.3. The topological polar surface area (TPSA) is 117 Å². The van der Waals surface area contributed by atoms with E-state index in [9.17, 15) is 9.90 Å². The van der Waals surface area contributed by atoms with Crippen LogP contribution in [0, 0.1) is 6.92 Å². The molecule has 1 saturated heterocycles. The summed E-state index contributed by atoms with van der Waals surface area (Å²) in [5.74, 6) is -0.209. The van der Waals surface area contributed by atoms with Crippen LogP contribution in [0.3, 0.4) is 0 Å². The average Bonchev–Trinajstić information content (AvgIpc) is 2.89. The van der Waals surface area contributed by atoms with Crippen LogP contribution in [0.5, 0.6) is 5.75 Å². The molecule has 2 aliphatic heterocycles. The smallest absolute Gasteiger partial charge is 0.217 e. The molecule has 1 fully saturated rings. The Bertz CT molecular complexity index is 1200. The second-order valence-corrected chi connectivity index (χ2v) is 10.3. The zero-order chi connectivity index (χ0) is 26.9. The monoisotopic (exact) mass is 515 g/mol. The fourth-order valence-electron chi connectivity index (χ4n) is 5.34. The number of nitrogen functional groups attached to an aromatic ring is 1. The third kappa shape index (κ3) is 7.73. The number of carbonyl (C=O) groups is 1. The number of piperazine rings is 1. The lowest BCUT2D eigenvalue weighted by Crippen LogP contribution is -2.43. The number of amides is 1. The highest BCUT2D eigenvalue weighted by Gasteiger charge is 2.18. The van der Waals surface area contributed by atoms with Gasteiger partial charge in [-0.3, -0.25) is 9.69 Å². The number of nitrogens with zero attached hydrogens (tertiary/aromatic N) is 1. The number of carbonyl (C=O) groups excluding carboxylic acids is 1. The van der Waals surface area contributed by atoms with E-state index in [4.69, 9.17) is 11.5 Å². The fourth-order valence-corrected chi connectivity index (χ4v) is 5.34. The maximum absolute atomic E-state index is 10.6. The molecule has 3 aromatic carbocycles. The maximum Gasteiger partial charge on any atom is 0.217 e. The Morgan fingerprint density at radius 3 is 2.50 bits per heavy atom. The first-order valence-corrected chi connectivity index (χ1v) is 13.6. The molecule has 0 bridgehead atoms. The van der Waals surface area contributed by atoms with E-state index in [0.29, 0.717) is 12.1 Å². The molecular formula is C31H41N5O2. The van der Waals surface area contributed by atoms with Crippen molar-refractivity contribution in [2.24, 2.45) is 5.73 Å². The second-order valence-electron chi connectivity index (χ2n) is 10.3. The fraction of sp³-hybridized carbons (Fsp3) is 0.387. The van der Waals surface area contributed by atoms with Gasteiger partial charge in [-0.25, -0.2) is 0 Å². The first-order chi connectivity index (χ1) is 18.4. The van der Waals surface area contributed by atoms with Crippen molar-refractivity contribution in [3.05, 3.63) is 88.0 Å². The zero-order valence-electron chi connectivity index (χ0n) is 22.4. The molecule has 0 atom stereocenters. The Morgan fingerprint density at radius 2 is 1.79 bits per heavy atom. The summed E-state index contributed by atoms with van der Waals surface area (Å²) in [6.07, 6.45) is 4.28. The van der Waals surface area contributed by atoms with Crippen LogP contribution in [0.15, 0.2) is 54.6 Å². The van der Waals surface area contributed by atoms with Crippen LogP contribution in [0.2, 0.25) is 0 Å². The number of hydrogen-bond acceptors (Lipinski definition) is 6. The number of aromatic hydroxyl groups is 1. The van der Waals surface area contributed by atoms with Gasteiger partial charge in [-0.05, 0) is 72.1 Å². The van der Waals surface area contributed by atoms with Crippen molar-refractivity contribution in [2.45, 2.75) is 45.6 Å². The van der Waals surface area contributed by atoms with Gasteiger partial charge in [-0.1, -0.05) is 42.5 Å². The van der Waals surface area contributed by atoms with Crippen LogP contribution in [-0.4, -0.2) is 48.6 Å². The van der Waals surface area contributed by atoms with E-state index in [1.54, 1.807) is 6.07 Å². The summed E-state index contributed by atoms with van der Waals surface area (Å²) in [6, 6.07) is 18.8. The van der Waals surface area contributed by atoms with E-state index in [1.165, 1.54) is 46.8 Å². The zero-order valence-corrected chi connectivity index (χ0v) is 22.4. The summed E-state index contributed by atoms with van der Waals surface area (Å²) in [5, 5.41) is 16.3. The lowest BCUT2D eigenvalue weighted by Gasteiger charge is -2.30. The van der Waals surface area contributed by atoms with Gasteiger partial charge >= 0.3 is 0 Å². The molecule has 202 valence electrons. The SMILES string of the molecule is Cc1cc(O)cc(N)c1CCC(N)=O.c1ccc(Cc2cc3c(c(CN4CCNCC4)c2)NCCC3)cc1. The molecule has 0 saturated carbocycles. The van der Waals surface area contributed by atoms with Crippen molar-refractivity contribution in [3.8, 4) is 5.75 Å². The Morgan fingerprint density at radius 1 is 1.03 bits per heavy atom. The van der Waals surface area contributed by atoms with Crippen LogP contribution in [0.25, 0.3) is 0 Å². The van der Waals surface area contributed by atoms with Gasteiger partial charge < -0.3 is 27.2 Å². The van der Waals surface area contributed by atoms with E-state index in [-0.39, 0.29) is 18.1 Å². The number of rotatable bonds is 7. The largest absolute Gasteiger partial charge is 0.508 e. The number of nitrogens with two attached hydrogens (primary N) is 2. The highest BCUT2D eigenvalue weighted by molar-refractivity contribution is 5.74. The van der Waals surface area contributed by atoms with Crippen molar-refractivity contribution in [1.29, 1.82) is 0 Å². The molecule has 3 aromatic rings. The molecule has 1 amide bonds. The number of aryl methyl sites for hydroxylation is 2. The van der Waals surface area contributed by atoms with Gasteiger partial charge in [0.2, 0.25) is 5.91 Å².